The summed E-state index contributed by atoms with van der Waals surface area (Å²) in [6.45, 7) is 2.16. The summed E-state index contributed by atoms with van der Waals surface area (Å²) in [4.78, 5) is 7.34. The molecular formula is C26H24Cl2N2O2. The monoisotopic (exact) mass is 466 g/mol. The lowest BCUT2D eigenvalue weighted by atomic mass is 9.94. The van der Waals surface area contributed by atoms with Gasteiger partial charge >= 0.3 is 0 Å². The fourth-order valence-electron chi connectivity index (χ4n) is 4.44. The predicted molar refractivity (Wildman–Crippen MR) is 130 cm³/mol. The number of rotatable bonds is 5. The lowest BCUT2D eigenvalue weighted by molar-refractivity contribution is 0.174. The van der Waals surface area contributed by atoms with Gasteiger partial charge in [0.2, 0.25) is 6.79 Å². The minimum atomic E-state index is 0.0705. The molecule has 164 valence electrons. The lowest BCUT2D eigenvalue weighted by Crippen LogP contribution is -2.38. The molecule has 1 unspecified atom stereocenters. The highest BCUT2D eigenvalue weighted by Crippen LogP contribution is 2.36. The van der Waals surface area contributed by atoms with Crippen LogP contribution in [0.4, 0.5) is 0 Å². The molecule has 0 N–H and O–H groups in total. The van der Waals surface area contributed by atoms with E-state index in [1.54, 1.807) is 0 Å². The van der Waals surface area contributed by atoms with Gasteiger partial charge in [-0.3, -0.25) is 9.89 Å². The number of piperidine rings is 1. The largest absolute Gasteiger partial charge is 0.454 e. The average Bonchev–Trinajstić information content (AvgIpc) is 3.28. The third-order valence-electron chi connectivity index (χ3n) is 6.06. The van der Waals surface area contributed by atoms with E-state index in [0.29, 0.717) is 6.04 Å². The molecule has 32 heavy (non-hydrogen) atoms. The molecule has 6 heteroatoms. The third-order valence-corrected chi connectivity index (χ3v) is 6.64. The molecule has 2 aliphatic heterocycles. The van der Waals surface area contributed by atoms with Crippen LogP contribution >= 0.6 is 23.2 Å². The van der Waals surface area contributed by atoms with Crippen LogP contribution in [-0.4, -0.2) is 37.0 Å². The van der Waals surface area contributed by atoms with Crippen molar-refractivity contribution < 1.29 is 9.47 Å². The maximum absolute atomic E-state index is 6.61. The Hall–Kier alpha value is -2.53. The Morgan fingerprint density at radius 3 is 2.53 bits per heavy atom. The van der Waals surface area contributed by atoms with Crippen molar-refractivity contribution in [3.05, 3.63) is 93.5 Å². The first-order valence-electron chi connectivity index (χ1n) is 10.8. The average molecular weight is 467 g/mol. The Balaban J connectivity index is 1.31. The molecule has 0 bridgehead atoms. The van der Waals surface area contributed by atoms with Crippen molar-refractivity contribution in [2.24, 2.45) is 4.99 Å². The van der Waals surface area contributed by atoms with Crippen LogP contribution in [0, 0.1) is 0 Å². The quantitative estimate of drug-likeness (QED) is 0.408. The number of hydrogen-bond donors (Lipinski definition) is 0. The molecule has 1 fully saturated rings. The van der Waals surface area contributed by atoms with E-state index in [-0.39, 0.29) is 12.8 Å². The lowest BCUT2D eigenvalue weighted by Gasteiger charge is -2.37. The van der Waals surface area contributed by atoms with E-state index in [0.717, 1.165) is 64.2 Å². The SMILES string of the molecule is Clc1cccc(C(c2ccccc2Cl)N2CCC(/N=C\c3ccc4c(c3)OCO4)CC2)c1. The van der Waals surface area contributed by atoms with Crippen molar-refractivity contribution in [3.8, 4) is 11.5 Å². The maximum Gasteiger partial charge on any atom is 0.231 e. The zero-order valence-corrected chi connectivity index (χ0v) is 19.1. The highest BCUT2D eigenvalue weighted by Gasteiger charge is 2.28. The topological polar surface area (TPSA) is 34.1 Å². The van der Waals surface area contributed by atoms with E-state index in [2.05, 4.69) is 17.0 Å². The summed E-state index contributed by atoms with van der Waals surface area (Å²) in [7, 11) is 0. The minimum absolute atomic E-state index is 0.0705. The first-order chi connectivity index (χ1) is 15.7. The molecule has 0 aliphatic carbocycles. The van der Waals surface area contributed by atoms with Crippen LogP contribution in [-0.2, 0) is 0 Å². The Kier molecular flexibility index (Phi) is 6.35. The summed E-state index contributed by atoms with van der Waals surface area (Å²) >= 11 is 12.9. The van der Waals surface area contributed by atoms with Gasteiger partial charge in [0.05, 0.1) is 12.1 Å². The first kappa shape index (κ1) is 21.3. The second-order valence-electron chi connectivity index (χ2n) is 8.14. The highest BCUT2D eigenvalue weighted by molar-refractivity contribution is 6.31. The van der Waals surface area contributed by atoms with E-state index in [1.807, 2.05) is 60.8 Å². The molecule has 2 heterocycles. The molecule has 0 aromatic heterocycles. The van der Waals surface area contributed by atoms with Crippen molar-refractivity contribution >= 4 is 29.4 Å². The van der Waals surface area contributed by atoms with Gasteiger partial charge in [0.1, 0.15) is 0 Å². The van der Waals surface area contributed by atoms with Gasteiger partial charge in [0.15, 0.2) is 11.5 Å². The zero-order valence-electron chi connectivity index (χ0n) is 17.6. The molecule has 2 aliphatic rings. The molecule has 3 aromatic rings. The minimum Gasteiger partial charge on any atom is -0.454 e. The van der Waals surface area contributed by atoms with Gasteiger partial charge < -0.3 is 9.47 Å². The normalized spacial score (nSPS) is 17.7. The van der Waals surface area contributed by atoms with Gasteiger partial charge in [-0.2, -0.15) is 0 Å². The zero-order chi connectivity index (χ0) is 21.9. The van der Waals surface area contributed by atoms with Crippen LogP contribution in [0.15, 0.2) is 71.7 Å². The Labute approximate surface area is 198 Å². The van der Waals surface area contributed by atoms with Gasteiger partial charge in [0, 0.05) is 29.3 Å². The van der Waals surface area contributed by atoms with Crippen LogP contribution in [0.2, 0.25) is 10.0 Å². The van der Waals surface area contributed by atoms with Gasteiger partial charge in [-0.1, -0.05) is 53.5 Å². The molecule has 1 atom stereocenters. The number of fused-ring (bicyclic) bond motifs is 1. The van der Waals surface area contributed by atoms with Crippen LogP contribution in [0.3, 0.4) is 0 Å². The smallest absolute Gasteiger partial charge is 0.231 e. The Bertz CT molecular complexity index is 1130. The number of nitrogens with zero attached hydrogens (tertiary/aromatic N) is 2. The van der Waals surface area contributed by atoms with E-state index < -0.39 is 0 Å². The van der Waals surface area contributed by atoms with Crippen LogP contribution in [0.25, 0.3) is 0 Å². The molecule has 5 rings (SSSR count). The highest BCUT2D eigenvalue weighted by atomic mass is 35.5. The molecule has 0 amide bonds. The molecular weight excluding hydrogens is 443 g/mol. The van der Waals surface area contributed by atoms with Crippen LogP contribution < -0.4 is 9.47 Å². The molecule has 1 saturated heterocycles. The van der Waals surface area contributed by atoms with Gasteiger partial charge in [-0.25, -0.2) is 0 Å². The van der Waals surface area contributed by atoms with Crippen LogP contribution in [0.5, 0.6) is 11.5 Å². The molecule has 4 nitrogen and oxygen atoms in total. The predicted octanol–water partition coefficient (Wildman–Crippen LogP) is 6.40. The van der Waals surface area contributed by atoms with Crippen molar-refractivity contribution in [2.75, 3.05) is 19.9 Å². The van der Waals surface area contributed by atoms with E-state index >= 15 is 0 Å². The number of likely N-dealkylation sites (tertiary alicyclic amines) is 1. The summed E-state index contributed by atoms with van der Waals surface area (Å²) in [5, 5.41) is 1.52. The second-order valence-corrected chi connectivity index (χ2v) is 8.98. The number of benzene rings is 3. The van der Waals surface area contributed by atoms with E-state index in [4.69, 9.17) is 37.7 Å². The Morgan fingerprint density at radius 1 is 0.906 bits per heavy atom. The van der Waals surface area contributed by atoms with E-state index in [1.165, 1.54) is 0 Å². The van der Waals surface area contributed by atoms with Gasteiger partial charge in [0.25, 0.3) is 0 Å². The summed E-state index contributed by atoms with van der Waals surface area (Å²) in [5.41, 5.74) is 3.30. The number of ether oxygens (including phenoxy) is 2. The Morgan fingerprint density at radius 2 is 1.72 bits per heavy atom. The fraction of sp³-hybridized carbons (Fsp3) is 0.269. The molecule has 0 spiro atoms. The van der Waals surface area contributed by atoms with Gasteiger partial charge in [-0.05, 0) is 65.9 Å². The summed E-state index contributed by atoms with van der Waals surface area (Å²) in [6, 6.07) is 22.5. The van der Waals surface area contributed by atoms with Crippen molar-refractivity contribution in [2.45, 2.75) is 24.9 Å². The van der Waals surface area contributed by atoms with Gasteiger partial charge in [-0.15, -0.1) is 0 Å². The molecule has 3 aromatic carbocycles. The third kappa shape index (κ3) is 4.63. The first-order valence-corrected chi connectivity index (χ1v) is 11.6. The molecule has 0 saturated carbocycles. The second kappa shape index (κ2) is 9.53. The fourth-order valence-corrected chi connectivity index (χ4v) is 4.88. The van der Waals surface area contributed by atoms with Crippen molar-refractivity contribution in [1.82, 2.24) is 4.90 Å². The number of halogens is 2. The molecule has 0 radical (unpaired) electrons. The standard InChI is InChI=1S/C26H24Cl2N2O2/c27-20-5-3-4-19(15-20)26(22-6-1-2-7-23(22)28)30-12-10-21(11-13-30)29-16-18-8-9-24-25(14-18)32-17-31-24/h1-9,14-16,21,26H,10-13,17H2/b29-16-. The maximum atomic E-state index is 6.61. The number of aliphatic imine (C=N–C) groups is 1. The summed E-state index contributed by atoms with van der Waals surface area (Å²) in [5.74, 6) is 1.58. The van der Waals surface area contributed by atoms with Crippen molar-refractivity contribution in [1.29, 1.82) is 0 Å². The number of hydrogen-bond acceptors (Lipinski definition) is 4. The van der Waals surface area contributed by atoms with Crippen LogP contribution in [0.1, 0.15) is 35.6 Å². The summed E-state index contributed by atoms with van der Waals surface area (Å²) in [6.07, 6.45) is 3.93. The van der Waals surface area contributed by atoms with Crippen molar-refractivity contribution in [3.63, 3.8) is 0 Å². The summed E-state index contributed by atoms with van der Waals surface area (Å²) < 4.78 is 10.8. The van der Waals surface area contributed by atoms with E-state index in [9.17, 15) is 0 Å².